The number of carbonyl (C=O) groups is 3. The van der Waals surface area contributed by atoms with Crippen molar-refractivity contribution in [1.29, 1.82) is 0 Å². The number of amides is 4. The molecule has 1 aliphatic heterocycles. The largest absolute Gasteiger partial charge is 0.334 e. The maximum absolute atomic E-state index is 12.3. The summed E-state index contributed by atoms with van der Waals surface area (Å²) < 4.78 is 0. The Balaban J connectivity index is 1.72. The fraction of sp³-hybridized carbons (Fsp3) is 0.444. The van der Waals surface area contributed by atoms with Crippen LogP contribution in [-0.4, -0.2) is 53.9 Å². The molecule has 140 valence electrons. The molecular weight excluding hydrogens is 334 g/mol. The van der Waals surface area contributed by atoms with Crippen molar-refractivity contribution in [2.24, 2.45) is 5.92 Å². The lowest BCUT2D eigenvalue weighted by Gasteiger charge is -2.30. The molecule has 4 amide bonds. The molecule has 8 nitrogen and oxygen atoms in total. The van der Waals surface area contributed by atoms with E-state index in [1.165, 1.54) is 6.08 Å². The van der Waals surface area contributed by atoms with Crippen molar-refractivity contribution in [2.45, 2.75) is 19.8 Å². The minimum absolute atomic E-state index is 0.0454. The van der Waals surface area contributed by atoms with Gasteiger partial charge in [-0.25, -0.2) is 9.78 Å². The van der Waals surface area contributed by atoms with Gasteiger partial charge in [0, 0.05) is 18.7 Å². The number of nitrogens with one attached hydrogen (secondary N) is 3. The van der Waals surface area contributed by atoms with Crippen LogP contribution >= 0.6 is 0 Å². The van der Waals surface area contributed by atoms with Gasteiger partial charge in [-0.3, -0.25) is 19.8 Å². The van der Waals surface area contributed by atoms with Gasteiger partial charge in [0.1, 0.15) is 5.82 Å². The zero-order chi connectivity index (χ0) is 18.9. The predicted octanol–water partition coefficient (Wildman–Crippen LogP) is 1.05. The van der Waals surface area contributed by atoms with E-state index in [0.29, 0.717) is 38.3 Å². The summed E-state index contributed by atoms with van der Waals surface area (Å²) in [6, 6.07) is 3.17. The topological polar surface area (TPSA) is 103 Å². The Morgan fingerprint density at radius 3 is 2.73 bits per heavy atom. The number of aryl methyl sites for hydroxylation is 1. The second-order valence-electron chi connectivity index (χ2n) is 6.30. The van der Waals surface area contributed by atoms with Gasteiger partial charge in [-0.05, 0) is 50.6 Å². The summed E-state index contributed by atoms with van der Waals surface area (Å²) in [6.07, 6.45) is 4.52. The second kappa shape index (κ2) is 9.67. The first-order chi connectivity index (χ1) is 12.5. The van der Waals surface area contributed by atoms with Crippen LogP contribution in [0.3, 0.4) is 0 Å². The minimum Gasteiger partial charge on any atom is -0.334 e. The highest BCUT2D eigenvalue weighted by atomic mass is 16.2. The molecular formula is C18H25N5O3. The van der Waals surface area contributed by atoms with Crippen LogP contribution in [0.4, 0.5) is 10.6 Å². The summed E-state index contributed by atoms with van der Waals surface area (Å²) >= 11 is 0. The summed E-state index contributed by atoms with van der Waals surface area (Å²) in [5.41, 5.74) is 1.04. The van der Waals surface area contributed by atoms with E-state index in [2.05, 4.69) is 27.5 Å². The van der Waals surface area contributed by atoms with Crippen LogP contribution in [0, 0.1) is 12.8 Å². The predicted molar refractivity (Wildman–Crippen MR) is 98.5 cm³/mol. The third-order valence-corrected chi connectivity index (χ3v) is 4.15. The molecule has 0 spiro atoms. The summed E-state index contributed by atoms with van der Waals surface area (Å²) in [5, 5.41) is 7.60. The lowest BCUT2D eigenvalue weighted by atomic mass is 9.96. The van der Waals surface area contributed by atoms with Crippen LogP contribution in [0.2, 0.25) is 0 Å². The molecule has 0 unspecified atom stereocenters. The number of piperidine rings is 1. The molecule has 2 rings (SSSR count). The maximum atomic E-state index is 12.3. The number of hydrogen-bond donors (Lipinski definition) is 3. The Morgan fingerprint density at radius 2 is 2.08 bits per heavy atom. The fourth-order valence-corrected chi connectivity index (χ4v) is 2.76. The van der Waals surface area contributed by atoms with Gasteiger partial charge in [-0.1, -0.05) is 6.08 Å². The third kappa shape index (κ3) is 6.29. The number of rotatable bonds is 6. The van der Waals surface area contributed by atoms with Crippen molar-refractivity contribution in [3.8, 4) is 0 Å². The Morgan fingerprint density at radius 1 is 1.35 bits per heavy atom. The zero-order valence-corrected chi connectivity index (χ0v) is 15.0. The number of hydrogen-bond acceptors (Lipinski definition) is 5. The number of likely N-dealkylation sites (tertiary alicyclic amines) is 1. The number of anilines is 1. The molecule has 1 aromatic heterocycles. The second-order valence-corrected chi connectivity index (χ2v) is 6.30. The van der Waals surface area contributed by atoms with E-state index < -0.39 is 6.03 Å². The Bertz CT molecular complexity index is 669. The van der Waals surface area contributed by atoms with Gasteiger partial charge < -0.3 is 10.6 Å². The highest BCUT2D eigenvalue weighted by Gasteiger charge is 2.26. The van der Waals surface area contributed by atoms with Crippen LogP contribution in [0.25, 0.3) is 0 Å². The number of pyridine rings is 1. The van der Waals surface area contributed by atoms with E-state index in [1.807, 2.05) is 24.0 Å². The molecule has 26 heavy (non-hydrogen) atoms. The highest BCUT2D eigenvalue weighted by Crippen LogP contribution is 2.19. The molecule has 0 radical (unpaired) electrons. The Labute approximate surface area is 153 Å². The van der Waals surface area contributed by atoms with Gasteiger partial charge >= 0.3 is 6.03 Å². The van der Waals surface area contributed by atoms with Gasteiger partial charge in [-0.2, -0.15) is 0 Å². The Hall–Kier alpha value is -2.74. The fourth-order valence-electron chi connectivity index (χ4n) is 2.76. The number of imide groups is 1. The molecule has 1 fully saturated rings. The van der Waals surface area contributed by atoms with E-state index in [9.17, 15) is 14.4 Å². The smallest absolute Gasteiger partial charge is 0.321 e. The van der Waals surface area contributed by atoms with Crippen molar-refractivity contribution < 1.29 is 14.4 Å². The van der Waals surface area contributed by atoms with Gasteiger partial charge in [0.15, 0.2) is 0 Å². The SMILES string of the molecule is C=CCNC(=O)NC(=O)CN1CCC(C(=O)Nc2cc(C)ccn2)CC1. The first-order valence-corrected chi connectivity index (χ1v) is 8.62. The van der Waals surface area contributed by atoms with Crippen LogP contribution in [0.5, 0.6) is 0 Å². The van der Waals surface area contributed by atoms with Crippen LogP contribution < -0.4 is 16.0 Å². The van der Waals surface area contributed by atoms with Crippen molar-refractivity contribution in [3.05, 3.63) is 36.5 Å². The monoisotopic (exact) mass is 359 g/mol. The first-order valence-electron chi connectivity index (χ1n) is 8.62. The number of carbonyl (C=O) groups excluding carboxylic acids is 3. The van der Waals surface area contributed by atoms with E-state index in [-0.39, 0.29) is 24.3 Å². The summed E-state index contributed by atoms with van der Waals surface area (Å²) in [6.45, 7) is 7.12. The standard InChI is InChI=1S/C18H25N5O3/c1-3-7-20-18(26)22-16(24)12-23-9-5-14(6-10-23)17(25)21-15-11-13(2)4-8-19-15/h3-4,8,11,14H,1,5-7,9-10,12H2,2H3,(H,19,21,25)(H2,20,22,24,26). The van der Waals surface area contributed by atoms with Crippen molar-refractivity contribution in [2.75, 3.05) is 31.5 Å². The molecule has 8 heteroatoms. The van der Waals surface area contributed by atoms with E-state index >= 15 is 0 Å². The molecule has 0 aromatic carbocycles. The molecule has 1 aromatic rings. The van der Waals surface area contributed by atoms with E-state index in [1.54, 1.807) is 6.20 Å². The van der Waals surface area contributed by atoms with Crippen molar-refractivity contribution >= 4 is 23.7 Å². The molecule has 0 saturated carbocycles. The number of urea groups is 1. The number of nitrogens with zero attached hydrogens (tertiary/aromatic N) is 2. The van der Waals surface area contributed by atoms with Crippen LogP contribution in [0.15, 0.2) is 31.0 Å². The molecule has 0 atom stereocenters. The van der Waals surface area contributed by atoms with Gasteiger partial charge in [0.25, 0.3) is 0 Å². The molecule has 1 aliphatic rings. The third-order valence-electron chi connectivity index (χ3n) is 4.15. The summed E-state index contributed by atoms with van der Waals surface area (Å²) in [7, 11) is 0. The lowest BCUT2D eigenvalue weighted by Crippen LogP contribution is -2.47. The van der Waals surface area contributed by atoms with Gasteiger partial charge in [-0.15, -0.1) is 6.58 Å². The average molecular weight is 359 g/mol. The van der Waals surface area contributed by atoms with Gasteiger partial charge in [0.05, 0.1) is 6.54 Å². The van der Waals surface area contributed by atoms with Crippen molar-refractivity contribution in [3.63, 3.8) is 0 Å². The van der Waals surface area contributed by atoms with E-state index in [0.717, 1.165) is 5.56 Å². The zero-order valence-electron chi connectivity index (χ0n) is 15.0. The Kier molecular flexibility index (Phi) is 7.28. The van der Waals surface area contributed by atoms with Crippen LogP contribution in [0.1, 0.15) is 18.4 Å². The number of aromatic nitrogens is 1. The quantitative estimate of drug-likeness (QED) is 0.659. The van der Waals surface area contributed by atoms with Crippen LogP contribution in [-0.2, 0) is 9.59 Å². The maximum Gasteiger partial charge on any atom is 0.321 e. The summed E-state index contributed by atoms with van der Waals surface area (Å²) in [4.78, 5) is 41.7. The molecule has 2 heterocycles. The summed E-state index contributed by atoms with van der Waals surface area (Å²) in [5.74, 6) is 0.0456. The lowest BCUT2D eigenvalue weighted by molar-refractivity contribution is -0.122. The normalized spacial score (nSPS) is 15.1. The molecule has 0 bridgehead atoms. The first kappa shape index (κ1) is 19.6. The highest BCUT2D eigenvalue weighted by molar-refractivity contribution is 5.95. The average Bonchev–Trinajstić information content (AvgIpc) is 2.60. The van der Waals surface area contributed by atoms with E-state index in [4.69, 9.17) is 0 Å². The minimum atomic E-state index is -0.533. The van der Waals surface area contributed by atoms with Gasteiger partial charge in [0.2, 0.25) is 11.8 Å². The molecule has 1 saturated heterocycles. The molecule has 0 aliphatic carbocycles. The molecule has 3 N–H and O–H groups in total. The van der Waals surface area contributed by atoms with Crippen molar-refractivity contribution in [1.82, 2.24) is 20.5 Å².